The van der Waals surface area contributed by atoms with Crippen molar-refractivity contribution >= 4 is 5.69 Å². The van der Waals surface area contributed by atoms with Crippen LogP contribution < -0.4 is 19.9 Å². The van der Waals surface area contributed by atoms with E-state index in [2.05, 4.69) is 10.00 Å². The van der Waals surface area contributed by atoms with E-state index in [1.54, 1.807) is 19.4 Å². The first-order chi connectivity index (χ1) is 12.2. The van der Waals surface area contributed by atoms with E-state index in [9.17, 15) is 4.79 Å². The number of anilines is 1. The number of morpholine rings is 1. The van der Waals surface area contributed by atoms with E-state index in [1.807, 2.05) is 25.1 Å². The predicted octanol–water partition coefficient (Wildman–Crippen LogP) is 1.48. The second kappa shape index (κ2) is 8.02. The van der Waals surface area contributed by atoms with Crippen LogP contribution in [0.4, 0.5) is 5.69 Å². The van der Waals surface area contributed by atoms with Gasteiger partial charge >= 0.3 is 0 Å². The monoisotopic (exact) mass is 345 g/mol. The lowest BCUT2D eigenvalue weighted by molar-refractivity contribution is 0.122. The maximum atomic E-state index is 12.3. The van der Waals surface area contributed by atoms with Crippen LogP contribution in [-0.2, 0) is 11.3 Å². The molecule has 1 aliphatic heterocycles. The van der Waals surface area contributed by atoms with Gasteiger partial charge in [0, 0.05) is 19.2 Å². The lowest BCUT2D eigenvalue weighted by atomic mass is 10.2. The van der Waals surface area contributed by atoms with Crippen molar-refractivity contribution in [3.63, 3.8) is 0 Å². The molecule has 0 N–H and O–H groups in total. The maximum absolute atomic E-state index is 12.3. The van der Waals surface area contributed by atoms with Crippen LogP contribution in [0, 0.1) is 6.92 Å². The molecule has 0 spiro atoms. The van der Waals surface area contributed by atoms with Crippen molar-refractivity contribution in [1.29, 1.82) is 0 Å². The Morgan fingerprint density at radius 3 is 2.72 bits per heavy atom. The smallest absolute Gasteiger partial charge is 0.268 e. The van der Waals surface area contributed by atoms with Crippen molar-refractivity contribution in [2.75, 3.05) is 44.9 Å². The summed E-state index contributed by atoms with van der Waals surface area (Å²) in [4.78, 5) is 14.4. The number of aromatic nitrogens is 2. The van der Waals surface area contributed by atoms with Gasteiger partial charge in [-0.2, -0.15) is 5.10 Å². The van der Waals surface area contributed by atoms with Crippen LogP contribution >= 0.6 is 0 Å². The Kier molecular flexibility index (Phi) is 5.55. The Balaban J connectivity index is 1.61. The summed E-state index contributed by atoms with van der Waals surface area (Å²) in [6.07, 6.45) is 1.72. The molecule has 3 rings (SSSR count). The van der Waals surface area contributed by atoms with Gasteiger partial charge in [0.05, 0.1) is 38.8 Å². The number of aryl methyl sites for hydroxylation is 1. The first kappa shape index (κ1) is 17.3. The van der Waals surface area contributed by atoms with Crippen molar-refractivity contribution in [2.24, 2.45) is 0 Å². The van der Waals surface area contributed by atoms with Gasteiger partial charge in [0.2, 0.25) is 0 Å². The first-order valence-corrected chi connectivity index (χ1v) is 8.34. The molecule has 2 heterocycles. The molecule has 134 valence electrons. The molecular weight excluding hydrogens is 322 g/mol. The van der Waals surface area contributed by atoms with Gasteiger partial charge in [-0.15, -0.1) is 0 Å². The molecule has 7 nitrogen and oxygen atoms in total. The number of ether oxygens (including phenoxy) is 3. The Bertz CT molecular complexity index is 769. The zero-order valence-corrected chi connectivity index (χ0v) is 14.6. The molecule has 0 radical (unpaired) electrons. The van der Waals surface area contributed by atoms with Gasteiger partial charge in [-0.25, -0.2) is 4.68 Å². The Morgan fingerprint density at radius 1 is 1.20 bits per heavy atom. The lowest BCUT2D eigenvalue weighted by Crippen LogP contribution is -2.37. The van der Waals surface area contributed by atoms with Crippen LogP contribution in [-0.4, -0.2) is 49.8 Å². The van der Waals surface area contributed by atoms with Crippen LogP contribution in [0.3, 0.4) is 0 Å². The average Bonchev–Trinajstić information content (AvgIpc) is 2.64. The van der Waals surface area contributed by atoms with Gasteiger partial charge in [-0.1, -0.05) is 6.07 Å². The normalized spacial score (nSPS) is 14.4. The third-order valence-corrected chi connectivity index (χ3v) is 4.11. The molecule has 1 aromatic heterocycles. The molecule has 1 aromatic carbocycles. The summed E-state index contributed by atoms with van der Waals surface area (Å²) >= 11 is 0. The van der Waals surface area contributed by atoms with Crippen LogP contribution in [0.15, 0.2) is 35.3 Å². The second-order valence-electron chi connectivity index (χ2n) is 5.88. The van der Waals surface area contributed by atoms with E-state index in [0.717, 1.165) is 24.3 Å². The minimum absolute atomic E-state index is 0.136. The third-order valence-electron chi connectivity index (χ3n) is 4.11. The fourth-order valence-corrected chi connectivity index (χ4v) is 2.72. The Labute approximate surface area is 146 Å². The first-order valence-electron chi connectivity index (χ1n) is 8.34. The van der Waals surface area contributed by atoms with E-state index in [4.69, 9.17) is 14.2 Å². The minimum atomic E-state index is -0.136. The van der Waals surface area contributed by atoms with Gasteiger partial charge in [-0.3, -0.25) is 4.79 Å². The van der Waals surface area contributed by atoms with Crippen molar-refractivity contribution in [3.8, 4) is 11.5 Å². The highest BCUT2D eigenvalue weighted by Crippen LogP contribution is 2.27. The zero-order chi connectivity index (χ0) is 17.6. The zero-order valence-electron chi connectivity index (χ0n) is 14.6. The SMILES string of the molecule is COc1cc(C)ccc1OCCn1ncc(N2CCOCC2)cc1=O. The fraction of sp³-hybridized carbons (Fsp3) is 0.444. The molecule has 7 heteroatoms. The van der Waals surface area contributed by atoms with Gasteiger partial charge in [-0.05, 0) is 24.6 Å². The van der Waals surface area contributed by atoms with E-state index in [0.29, 0.717) is 37.9 Å². The highest BCUT2D eigenvalue weighted by molar-refractivity contribution is 5.43. The van der Waals surface area contributed by atoms with Crippen molar-refractivity contribution in [2.45, 2.75) is 13.5 Å². The number of benzene rings is 1. The molecular formula is C18H23N3O4. The molecule has 0 atom stereocenters. The molecule has 0 saturated carbocycles. The standard InChI is InChI=1S/C18H23N3O4/c1-14-3-4-16(17(11-14)23-2)25-10-7-21-18(22)12-15(13-19-21)20-5-8-24-9-6-20/h3-4,11-13H,5-10H2,1-2H3. The number of methoxy groups -OCH3 is 1. The summed E-state index contributed by atoms with van der Waals surface area (Å²) in [5, 5.41) is 4.25. The summed E-state index contributed by atoms with van der Waals surface area (Å²) in [5.41, 5.74) is 1.80. The lowest BCUT2D eigenvalue weighted by Gasteiger charge is -2.28. The number of hydrogen-bond acceptors (Lipinski definition) is 6. The van der Waals surface area contributed by atoms with Crippen LogP contribution in [0.5, 0.6) is 11.5 Å². The second-order valence-corrected chi connectivity index (χ2v) is 5.88. The topological polar surface area (TPSA) is 65.8 Å². The molecule has 0 amide bonds. The van der Waals surface area contributed by atoms with Crippen LogP contribution in [0.2, 0.25) is 0 Å². The maximum Gasteiger partial charge on any atom is 0.268 e. The summed E-state index contributed by atoms with van der Waals surface area (Å²) in [6, 6.07) is 7.35. The average molecular weight is 345 g/mol. The molecule has 0 unspecified atom stereocenters. The van der Waals surface area contributed by atoms with Crippen molar-refractivity contribution in [1.82, 2.24) is 9.78 Å². The van der Waals surface area contributed by atoms with E-state index >= 15 is 0 Å². The molecule has 25 heavy (non-hydrogen) atoms. The predicted molar refractivity (Wildman–Crippen MR) is 94.8 cm³/mol. The van der Waals surface area contributed by atoms with Gasteiger partial charge in [0.1, 0.15) is 6.61 Å². The van der Waals surface area contributed by atoms with E-state index in [1.165, 1.54) is 4.68 Å². The van der Waals surface area contributed by atoms with Crippen molar-refractivity contribution < 1.29 is 14.2 Å². The highest BCUT2D eigenvalue weighted by Gasteiger charge is 2.13. The largest absolute Gasteiger partial charge is 0.493 e. The molecule has 2 aromatic rings. The van der Waals surface area contributed by atoms with E-state index < -0.39 is 0 Å². The summed E-state index contributed by atoms with van der Waals surface area (Å²) < 4.78 is 17.8. The number of rotatable bonds is 6. The molecule has 1 fully saturated rings. The summed E-state index contributed by atoms with van der Waals surface area (Å²) in [7, 11) is 1.61. The highest BCUT2D eigenvalue weighted by atomic mass is 16.5. The van der Waals surface area contributed by atoms with Crippen molar-refractivity contribution in [3.05, 3.63) is 46.4 Å². The molecule has 1 saturated heterocycles. The van der Waals surface area contributed by atoms with Gasteiger partial charge < -0.3 is 19.1 Å². The van der Waals surface area contributed by atoms with Gasteiger partial charge in [0.15, 0.2) is 11.5 Å². The van der Waals surface area contributed by atoms with E-state index in [-0.39, 0.29) is 5.56 Å². The minimum Gasteiger partial charge on any atom is -0.493 e. The Hall–Kier alpha value is -2.54. The summed E-state index contributed by atoms with van der Waals surface area (Å²) in [5.74, 6) is 1.34. The number of nitrogens with zero attached hydrogens (tertiary/aromatic N) is 3. The molecule has 0 bridgehead atoms. The number of hydrogen-bond donors (Lipinski definition) is 0. The van der Waals surface area contributed by atoms with Gasteiger partial charge in [0.25, 0.3) is 5.56 Å². The third kappa shape index (κ3) is 4.30. The Morgan fingerprint density at radius 2 is 2.00 bits per heavy atom. The van der Waals surface area contributed by atoms with Crippen LogP contribution in [0.1, 0.15) is 5.56 Å². The summed E-state index contributed by atoms with van der Waals surface area (Å²) in [6.45, 7) is 5.61. The molecule has 1 aliphatic rings. The van der Waals surface area contributed by atoms with Crippen LogP contribution in [0.25, 0.3) is 0 Å². The molecule has 0 aliphatic carbocycles. The quantitative estimate of drug-likeness (QED) is 0.790. The fourth-order valence-electron chi connectivity index (χ4n) is 2.72.